The zero-order chi connectivity index (χ0) is 13.4. The Morgan fingerprint density at radius 1 is 1.17 bits per heavy atom. The van der Waals surface area contributed by atoms with Crippen LogP contribution in [0, 0.1) is 0 Å². The fourth-order valence-electron chi connectivity index (χ4n) is 1.28. The summed E-state index contributed by atoms with van der Waals surface area (Å²) in [5.74, 6) is 0.0931. The van der Waals surface area contributed by atoms with Crippen LogP contribution in [0.2, 0.25) is 0 Å². The molecule has 0 aliphatic rings. The Kier molecular flexibility index (Phi) is 5.66. The van der Waals surface area contributed by atoms with Gasteiger partial charge in [-0.3, -0.25) is 10.1 Å². The molecule has 0 atom stereocenters. The van der Waals surface area contributed by atoms with E-state index in [0.29, 0.717) is 5.75 Å². The molecule has 0 bridgehead atoms. The Morgan fingerprint density at radius 2 is 1.83 bits per heavy atom. The molecule has 0 spiro atoms. The van der Waals surface area contributed by atoms with Crippen LogP contribution in [-0.2, 0) is 11.3 Å². The maximum absolute atomic E-state index is 11.2. The van der Waals surface area contributed by atoms with Crippen LogP contribution in [0.1, 0.15) is 5.56 Å². The first-order valence-electron chi connectivity index (χ1n) is 5.53. The van der Waals surface area contributed by atoms with Crippen molar-refractivity contribution in [2.24, 2.45) is 0 Å². The summed E-state index contributed by atoms with van der Waals surface area (Å²) in [6, 6.07) is 6.82. The molecule has 3 amide bonds. The average Bonchev–Trinajstić information content (AvgIpc) is 2.38. The highest BCUT2D eigenvalue weighted by Crippen LogP contribution is 2.11. The Balaban J connectivity index is 2.39. The number of hydrogen-bond acceptors (Lipinski definition) is 4. The summed E-state index contributed by atoms with van der Waals surface area (Å²) in [5, 5.41) is 7.42. The number of urea groups is 1. The topological polar surface area (TPSA) is 79.5 Å². The van der Waals surface area contributed by atoms with Gasteiger partial charge in [-0.25, -0.2) is 4.79 Å². The summed E-state index contributed by atoms with van der Waals surface area (Å²) in [6.45, 7) is 0.580. The summed E-state index contributed by atoms with van der Waals surface area (Å²) in [4.78, 5) is 22.1. The molecule has 1 aromatic carbocycles. The van der Waals surface area contributed by atoms with Gasteiger partial charge in [0, 0.05) is 13.6 Å². The van der Waals surface area contributed by atoms with Gasteiger partial charge in [-0.2, -0.15) is 0 Å². The molecular formula is C12H17N3O3. The monoisotopic (exact) mass is 251 g/mol. The Hall–Kier alpha value is -2.08. The van der Waals surface area contributed by atoms with Crippen molar-refractivity contribution in [3.8, 4) is 5.75 Å². The molecule has 6 heteroatoms. The molecule has 6 nitrogen and oxygen atoms in total. The number of nitrogens with one attached hydrogen (secondary N) is 3. The molecule has 0 radical (unpaired) electrons. The summed E-state index contributed by atoms with van der Waals surface area (Å²) in [5.41, 5.74) is 1.12. The van der Waals surface area contributed by atoms with E-state index in [2.05, 4.69) is 16.0 Å². The summed E-state index contributed by atoms with van der Waals surface area (Å²) < 4.78 is 5.23. The smallest absolute Gasteiger partial charge is 0.321 e. The van der Waals surface area contributed by atoms with Crippen molar-refractivity contribution in [1.82, 2.24) is 16.0 Å². The average molecular weight is 251 g/mol. The van der Waals surface area contributed by atoms with Crippen molar-refractivity contribution in [2.45, 2.75) is 6.54 Å². The predicted molar refractivity (Wildman–Crippen MR) is 67.3 cm³/mol. The molecule has 0 unspecified atom stereocenters. The molecule has 0 heterocycles. The molecule has 1 aromatic rings. The molecule has 1 rings (SSSR count). The Morgan fingerprint density at radius 3 is 2.39 bits per heavy atom. The highest BCUT2D eigenvalue weighted by Gasteiger charge is 2.06. The number of rotatable bonds is 5. The quantitative estimate of drug-likeness (QED) is 0.700. The molecule has 0 saturated heterocycles. The minimum Gasteiger partial charge on any atom is -0.484 e. The van der Waals surface area contributed by atoms with Gasteiger partial charge in [-0.15, -0.1) is 0 Å². The van der Waals surface area contributed by atoms with Crippen LogP contribution in [-0.4, -0.2) is 32.6 Å². The van der Waals surface area contributed by atoms with Crippen LogP contribution in [0.3, 0.4) is 0 Å². The van der Waals surface area contributed by atoms with Crippen molar-refractivity contribution < 1.29 is 14.3 Å². The van der Waals surface area contributed by atoms with E-state index in [0.717, 1.165) is 12.1 Å². The fraction of sp³-hybridized carbons (Fsp3) is 0.333. The van der Waals surface area contributed by atoms with Gasteiger partial charge in [-0.05, 0) is 24.7 Å². The molecule has 0 fully saturated rings. The number of hydrogen-bond donors (Lipinski definition) is 3. The second-order valence-corrected chi connectivity index (χ2v) is 3.59. The van der Waals surface area contributed by atoms with Crippen LogP contribution in [0.5, 0.6) is 5.75 Å². The van der Waals surface area contributed by atoms with E-state index in [4.69, 9.17) is 4.74 Å². The van der Waals surface area contributed by atoms with Crippen LogP contribution >= 0.6 is 0 Å². The van der Waals surface area contributed by atoms with Gasteiger partial charge in [0.05, 0.1) is 0 Å². The maximum atomic E-state index is 11.2. The fourth-order valence-corrected chi connectivity index (χ4v) is 1.28. The molecule has 3 N–H and O–H groups in total. The van der Waals surface area contributed by atoms with E-state index in [9.17, 15) is 9.59 Å². The third kappa shape index (κ3) is 4.84. The minimum atomic E-state index is -0.548. The largest absolute Gasteiger partial charge is 0.484 e. The van der Waals surface area contributed by atoms with E-state index in [-0.39, 0.29) is 6.61 Å². The second kappa shape index (κ2) is 7.29. The van der Waals surface area contributed by atoms with Gasteiger partial charge in [0.1, 0.15) is 5.75 Å². The maximum Gasteiger partial charge on any atom is 0.321 e. The first-order chi connectivity index (χ1) is 8.65. The number of ether oxygens (including phenoxy) is 1. The zero-order valence-corrected chi connectivity index (χ0v) is 10.4. The molecule has 0 aromatic heterocycles. The first-order valence-corrected chi connectivity index (χ1v) is 5.53. The van der Waals surface area contributed by atoms with Crippen molar-refractivity contribution in [3.05, 3.63) is 29.8 Å². The number of amides is 3. The SMILES string of the molecule is CNCc1ccc(OCC(=O)NC(=O)NC)cc1. The zero-order valence-electron chi connectivity index (χ0n) is 10.4. The number of carbonyl (C=O) groups excluding carboxylic acids is 2. The lowest BCUT2D eigenvalue weighted by Gasteiger charge is -2.07. The minimum absolute atomic E-state index is 0.196. The van der Waals surface area contributed by atoms with E-state index in [1.54, 1.807) is 12.1 Å². The highest BCUT2D eigenvalue weighted by molar-refractivity contribution is 5.94. The number of carbonyl (C=O) groups is 2. The van der Waals surface area contributed by atoms with Gasteiger partial charge >= 0.3 is 6.03 Å². The van der Waals surface area contributed by atoms with E-state index >= 15 is 0 Å². The van der Waals surface area contributed by atoms with Crippen LogP contribution in [0.25, 0.3) is 0 Å². The van der Waals surface area contributed by atoms with E-state index in [1.807, 2.05) is 19.2 Å². The van der Waals surface area contributed by atoms with E-state index in [1.165, 1.54) is 7.05 Å². The third-order valence-electron chi connectivity index (χ3n) is 2.15. The van der Waals surface area contributed by atoms with Gasteiger partial charge in [-0.1, -0.05) is 12.1 Å². The molecule has 18 heavy (non-hydrogen) atoms. The molecule has 0 aliphatic heterocycles. The second-order valence-electron chi connectivity index (χ2n) is 3.59. The van der Waals surface area contributed by atoms with Crippen LogP contribution in [0.4, 0.5) is 4.79 Å². The lowest BCUT2D eigenvalue weighted by Crippen LogP contribution is -2.39. The number of benzene rings is 1. The highest BCUT2D eigenvalue weighted by atomic mass is 16.5. The summed E-state index contributed by atoms with van der Waals surface area (Å²) in [7, 11) is 3.30. The summed E-state index contributed by atoms with van der Waals surface area (Å²) >= 11 is 0. The van der Waals surface area contributed by atoms with Gasteiger partial charge in [0.25, 0.3) is 5.91 Å². The van der Waals surface area contributed by atoms with Crippen LogP contribution in [0.15, 0.2) is 24.3 Å². The number of imide groups is 1. The van der Waals surface area contributed by atoms with E-state index < -0.39 is 11.9 Å². The van der Waals surface area contributed by atoms with Crippen LogP contribution < -0.4 is 20.7 Å². The lowest BCUT2D eigenvalue weighted by atomic mass is 10.2. The van der Waals surface area contributed by atoms with Gasteiger partial charge in [0.15, 0.2) is 6.61 Å². The van der Waals surface area contributed by atoms with Crippen molar-refractivity contribution >= 4 is 11.9 Å². The first kappa shape index (κ1) is 14.0. The third-order valence-corrected chi connectivity index (χ3v) is 2.15. The van der Waals surface area contributed by atoms with Gasteiger partial charge < -0.3 is 15.4 Å². The van der Waals surface area contributed by atoms with Crippen molar-refractivity contribution in [3.63, 3.8) is 0 Å². The summed E-state index contributed by atoms with van der Waals surface area (Å²) in [6.07, 6.45) is 0. The Bertz CT molecular complexity index is 404. The lowest BCUT2D eigenvalue weighted by molar-refractivity contribution is -0.122. The van der Waals surface area contributed by atoms with Crippen molar-refractivity contribution in [2.75, 3.05) is 20.7 Å². The normalized spacial score (nSPS) is 9.67. The molecular weight excluding hydrogens is 234 g/mol. The molecule has 0 aliphatic carbocycles. The van der Waals surface area contributed by atoms with Crippen molar-refractivity contribution in [1.29, 1.82) is 0 Å². The molecule has 0 saturated carbocycles. The molecule has 98 valence electrons. The Labute approximate surface area is 106 Å². The predicted octanol–water partition coefficient (Wildman–Crippen LogP) is 0.240. The van der Waals surface area contributed by atoms with Gasteiger partial charge in [0.2, 0.25) is 0 Å². The standard InChI is InChI=1S/C12H17N3O3/c1-13-7-9-3-5-10(6-4-9)18-8-11(16)15-12(17)14-2/h3-6,13H,7-8H2,1-2H3,(H2,14,15,16,17).